The molecule has 5 atom stereocenters. The van der Waals surface area contributed by atoms with Crippen molar-refractivity contribution in [1.29, 1.82) is 0 Å². The molecule has 0 N–H and O–H groups in total. The fraction of sp³-hybridized carbons (Fsp3) is 0.846. The Kier molecular flexibility index (Phi) is 15.2. The van der Waals surface area contributed by atoms with Gasteiger partial charge in [-0.05, 0) is 67.6 Å². The van der Waals surface area contributed by atoms with Crippen LogP contribution in [0.4, 0.5) is 0 Å². The molecule has 26 heavy (non-hydrogen) atoms. The van der Waals surface area contributed by atoms with Crippen molar-refractivity contribution in [2.45, 2.75) is 107 Å². The zero-order chi connectivity index (χ0) is 19.9. The maximum Gasteiger partial charge on any atom is -0.0236 e. The summed E-state index contributed by atoms with van der Waals surface area (Å²) in [6.07, 6.45) is 20.3. The molecule has 0 spiro atoms. The van der Waals surface area contributed by atoms with Crippen LogP contribution in [0.5, 0.6) is 0 Å². The highest BCUT2D eigenvalue weighted by Crippen LogP contribution is 2.25. The second-order valence-corrected chi connectivity index (χ2v) is 9.50. The SMILES string of the molecule is CCC(C)C=CC(C)C(C)CC(C)CCCCC=CCCC(C)C(C)C. The first-order valence-corrected chi connectivity index (χ1v) is 11.6. The third-order valence-electron chi connectivity index (χ3n) is 6.47. The lowest BCUT2D eigenvalue weighted by Gasteiger charge is -2.21. The lowest BCUT2D eigenvalue weighted by Crippen LogP contribution is -2.10. The molecular formula is C26H50. The Morgan fingerprint density at radius 3 is 1.96 bits per heavy atom. The van der Waals surface area contributed by atoms with Gasteiger partial charge < -0.3 is 0 Å². The standard InChI is InChI=1S/C26H50/c1-9-22(4)18-19-25(7)26(8)20-23(5)16-14-12-10-11-13-15-17-24(6)21(2)3/h11,13,18-19,21-26H,9-10,12,14-17,20H2,1-8H3. The predicted molar refractivity (Wildman–Crippen MR) is 122 cm³/mol. The Balaban J connectivity index is 3.79. The van der Waals surface area contributed by atoms with Gasteiger partial charge in [0.15, 0.2) is 0 Å². The van der Waals surface area contributed by atoms with Crippen LogP contribution in [0.2, 0.25) is 0 Å². The summed E-state index contributed by atoms with van der Waals surface area (Å²) in [5, 5.41) is 0. The molecule has 0 heteroatoms. The van der Waals surface area contributed by atoms with Crippen molar-refractivity contribution in [2.24, 2.45) is 35.5 Å². The van der Waals surface area contributed by atoms with E-state index in [9.17, 15) is 0 Å². The normalized spacial score (nSPS) is 18.5. The highest BCUT2D eigenvalue weighted by atomic mass is 14.2. The Morgan fingerprint density at radius 1 is 0.692 bits per heavy atom. The van der Waals surface area contributed by atoms with Crippen molar-refractivity contribution in [1.82, 2.24) is 0 Å². The van der Waals surface area contributed by atoms with E-state index < -0.39 is 0 Å². The summed E-state index contributed by atoms with van der Waals surface area (Å²) in [5.41, 5.74) is 0. The lowest BCUT2D eigenvalue weighted by molar-refractivity contribution is 0.335. The molecule has 0 rings (SSSR count). The van der Waals surface area contributed by atoms with Crippen LogP contribution in [-0.4, -0.2) is 0 Å². The van der Waals surface area contributed by atoms with Crippen LogP contribution in [0.3, 0.4) is 0 Å². The van der Waals surface area contributed by atoms with E-state index in [1.807, 2.05) is 0 Å². The summed E-state index contributed by atoms with van der Waals surface area (Å²) in [4.78, 5) is 0. The average Bonchev–Trinajstić information content (AvgIpc) is 2.60. The Hall–Kier alpha value is -0.520. The van der Waals surface area contributed by atoms with E-state index in [4.69, 9.17) is 0 Å². The summed E-state index contributed by atoms with van der Waals surface area (Å²) in [6, 6.07) is 0. The fourth-order valence-electron chi connectivity index (χ4n) is 3.34. The zero-order valence-corrected chi connectivity index (χ0v) is 19.4. The van der Waals surface area contributed by atoms with Gasteiger partial charge in [-0.3, -0.25) is 0 Å². The highest BCUT2D eigenvalue weighted by Gasteiger charge is 2.13. The molecule has 0 aliphatic rings. The topological polar surface area (TPSA) is 0 Å². The quantitative estimate of drug-likeness (QED) is 0.201. The van der Waals surface area contributed by atoms with Crippen LogP contribution in [0, 0.1) is 35.5 Å². The van der Waals surface area contributed by atoms with E-state index in [1.165, 1.54) is 51.4 Å². The second kappa shape index (κ2) is 15.5. The largest absolute Gasteiger partial charge is 0.0885 e. The van der Waals surface area contributed by atoms with Gasteiger partial charge in [-0.15, -0.1) is 0 Å². The number of rotatable bonds is 15. The Labute approximate surface area is 166 Å². The van der Waals surface area contributed by atoms with Gasteiger partial charge in [0.1, 0.15) is 0 Å². The third-order valence-corrected chi connectivity index (χ3v) is 6.47. The fourth-order valence-corrected chi connectivity index (χ4v) is 3.34. The van der Waals surface area contributed by atoms with Gasteiger partial charge in [0.2, 0.25) is 0 Å². The molecular weight excluding hydrogens is 312 g/mol. The molecule has 0 fully saturated rings. The third kappa shape index (κ3) is 13.7. The number of allylic oxidation sites excluding steroid dienone is 4. The van der Waals surface area contributed by atoms with E-state index in [0.29, 0.717) is 5.92 Å². The first kappa shape index (κ1) is 25.5. The summed E-state index contributed by atoms with van der Waals surface area (Å²) in [5.74, 6) is 4.77. The monoisotopic (exact) mass is 362 g/mol. The van der Waals surface area contributed by atoms with E-state index in [1.54, 1.807) is 0 Å². The van der Waals surface area contributed by atoms with Gasteiger partial charge in [-0.1, -0.05) is 99.0 Å². The smallest absolute Gasteiger partial charge is 0.0236 e. The van der Waals surface area contributed by atoms with Gasteiger partial charge >= 0.3 is 0 Å². The van der Waals surface area contributed by atoms with Crippen LogP contribution in [-0.2, 0) is 0 Å². The van der Waals surface area contributed by atoms with E-state index in [0.717, 1.165) is 29.6 Å². The summed E-state index contributed by atoms with van der Waals surface area (Å²) < 4.78 is 0. The van der Waals surface area contributed by atoms with Crippen LogP contribution in [0.15, 0.2) is 24.3 Å². The maximum absolute atomic E-state index is 2.45. The molecule has 0 radical (unpaired) electrons. The minimum Gasteiger partial charge on any atom is -0.0885 e. The van der Waals surface area contributed by atoms with Crippen molar-refractivity contribution in [3.63, 3.8) is 0 Å². The molecule has 0 amide bonds. The van der Waals surface area contributed by atoms with Gasteiger partial charge in [0.25, 0.3) is 0 Å². The molecule has 154 valence electrons. The molecule has 0 saturated carbocycles. The zero-order valence-electron chi connectivity index (χ0n) is 19.4. The summed E-state index contributed by atoms with van der Waals surface area (Å²) in [7, 11) is 0. The van der Waals surface area contributed by atoms with Gasteiger partial charge in [0.05, 0.1) is 0 Å². The van der Waals surface area contributed by atoms with Crippen molar-refractivity contribution in [3.8, 4) is 0 Å². The van der Waals surface area contributed by atoms with E-state index >= 15 is 0 Å². The minimum atomic E-state index is 0.711. The first-order chi connectivity index (χ1) is 12.3. The van der Waals surface area contributed by atoms with Gasteiger partial charge in [0, 0.05) is 0 Å². The average molecular weight is 363 g/mol. The highest BCUT2D eigenvalue weighted by molar-refractivity contribution is 4.91. The molecule has 0 aliphatic heterocycles. The minimum absolute atomic E-state index is 0.711. The van der Waals surface area contributed by atoms with Crippen molar-refractivity contribution < 1.29 is 0 Å². The van der Waals surface area contributed by atoms with E-state index in [2.05, 4.69) is 79.7 Å². The Bertz CT molecular complexity index is 362. The molecule has 0 aromatic heterocycles. The van der Waals surface area contributed by atoms with Crippen LogP contribution < -0.4 is 0 Å². The number of unbranched alkanes of at least 4 members (excludes halogenated alkanes) is 2. The van der Waals surface area contributed by atoms with Crippen molar-refractivity contribution in [2.75, 3.05) is 0 Å². The van der Waals surface area contributed by atoms with Crippen LogP contribution >= 0.6 is 0 Å². The molecule has 0 aromatic rings. The second-order valence-electron chi connectivity index (χ2n) is 9.50. The number of hydrogen-bond acceptors (Lipinski definition) is 0. The van der Waals surface area contributed by atoms with E-state index in [-0.39, 0.29) is 0 Å². The molecule has 0 aromatic carbocycles. The van der Waals surface area contributed by atoms with Gasteiger partial charge in [-0.2, -0.15) is 0 Å². The molecule has 0 aliphatic carbocycles. The van der Waals surface area contributed by atoms with Gasteiger partial charge in [-0.25, -0.2) is 0 Å². The molecule has 0 nitrogen and oxygen atoms in total. The van der Waals surface area contributed by atoms with Crippen molar-refractivity contribution in [3.05, 3.63) is 24.3 Å². The maximum atomic E-state index is 2.45. The first-order valence-electron chi connectivity index (χ1n) is 11.6. The Morgan fingerprint density at radius 2 is 1.35 bits per heavy atom. The van der Waals surface area contributed by atoms with Crippen molar-refractivity contribution >= 4 is 0 Å². The molecule has 0 heterocycles. The lowest BCUT2D eigenvalue weighted by atomic mass is 9.85. The molecule has 0 saturated heterocycles. The number of hydrogen-bond donors (Lipinski definition) is 0. The summed E-state index contributed by atoms with van der Waals surface area (Å²) in [6.45, 7) is 18.9. The summed E-state index contributed by atoms with van der Waals surface area (Å²) >= 11 is 0. The van der Waals surface area contributed by atoms with Crippen LogP contribution in [0.1, 0.15) is 107 Å². The predicted octanol–water partition coefficient (Wildman–Crippen LogP) is 9.08. The molecule has 5 unspecified atom stereocenters. The molecule has 0 bridgehead atoms. The van der Waals surface area contributed by atoms with Crippen LogP contribution in [0.25, 0.3) is 0 Å².